The number of hydrogen-bond acceptors (Lipinski definition) is 7. The van der Waals surface area contributed by atoms with Crippen LogP contribution >= 0.6 is 11.6 Å². The van der Waals surface area contributed by atoms with Gasteiger partial charge in [-0.25, -0.2) is 9.80 Å². The minimum Gasteiger partial charge on any atom is -0.444 e. The first-order valence-corrected chi connectivity index (χ1v) is 11.3. The van der Waals surface area contributed by atoms with Crippen LogP contribution in [0.25, 0.3) is 0 Å². The summed E-state index contributed by atoms with van der Waals surface area (Å²) in [6.45, 7) is 12.5. The van der Waals surface area contributed by atoms with Crippen LogP contribution in [0, 0.1) is 0 Å². The van der Waals surface area contributed by atoms with Crippen LogP contribution in [0.2, 0.25) is 0 Å². The number of amides is 2. The lowest BCUT2D eigenvalue weighted by atomic mass is 10.0. The van der Waals surface area contributed by atoms with Gasteiger partial charge in [-0.1, -0.05) is 48.5 Å². The van der Waals surface area contributed by atoms with Gasteiger partial charge in [0.25, 0.3) is 0 Å². The second-order valence-electron chi connectivity index (χ2n) is 9.33. The fourth-order valence-corrected chi connectivity index (χ4v) is 3.06. The predicted molar refractivity (Wildman–Crippen MR) is 137 cm³/mol. The molecular formula is C24H33ClN6O4. The zero-order valence-electron chi connectivity index (χ0n) is 20.7. The average Bonchev–Trinajstić information content (AvgIpc) is 2.75. The van der Waals surface area contributed by atoms with E-state index in [0.717, 1.165) is 5.56 Å². The van der Waals surface area contributed by atoms with Crippen molar-refractivity contribution in [2.24, 2.45) is 16.0 Å². The number of benzene rings is 1. The molecule has 2 amide bonds. The number of amidine groups is 1. The highest BCUT2D eigenvalue weighted by Gasteiger charge is 2.35. The zero-order valence-corrected chi connectivity index (χ0v) is 21.4. The molecule has 0 saturated carbocycles. The summed E-state index contributed by atoms with van der Waals surface area (Å²) in [4.78, 5) is 25.5. The topological polar surface area (TPSA) is 131 Å². The average molecular weight is 505 g/mol. The summed E-state index contributed by atoms with van der Waals surface area (Å²) in [7, 11) is 0. The molecule has 0 fully saturated rings. The lowest BCUT2D eigenvalue weighted by Gasteiger charge is -2.32. The molecule has 0 saturated heterocycles. The van der Waals surface area contributed by atoms with Gasteiger partial charge in [-0.15, -0.1) is 0 Å². The molecule has 1 unspecified atom stereocenters. The van der Waals surface area contributed by atoms with Gasteiger partial charge in [-0.2, -0.15) is 10.2 Å². The summed E-state index contributed by atoms with van der Waals surface area (Å²) >= 11 is 6.06. The SMILES string of the molecule is C=C1C=CC(Cl)=NN1/C(=N\N)C(COCc1ccccc1)NC(=O)C(C)(C)NC(=O)OC(C)(C)C. The van der Waals surface area contributed by atoms with Gasteiger partial charge < -0.3 is 25.9 Å². The van der Waals surface area contributed by atoms with Gasteiger partial charge in [0.2, 0.25) is 5.91 Å². The molecule has 190 valence electrons. The van der Waals surface area contributed by atoms with E-state index in [-0.39, 0.29) is 24.2 Å². The summed E-state index contributed by atoms with van der Waals surface area (Å²) in [6.07, 6.45) is 2.48. The maximum absolute atomic E-state index is 13.2. The molecule has 0 aromatic heterocycles. The molecule has 1 aromatic rings. The highest BCUT2D eigenvalue weighted by molar-refractivity contribution is 6.68. The van der Waals surface area contributed by atoms with Crippen LogP contribution in [0.4, 0.5) is 4.79 Å². The summed E-state index contributed by atoms with van der Waals surface area (Å²) in [5, 5.41) is 15.0. The minimum atomic E-state index is -1.33. The van der Waals surface area contributed by atoms with Crippen LogP contribution in [0.1, 0.15) is 40.2 Å². The summed E-state index contributed by atoms with van der Waals surface area (Å²) < 4.78 is 11.1. The van der Waals surface area contributed by atoms with Gasteiger partial charge in [0.1, 0.15) is 22.4 Å². The molecule has 1 aliphatic rings. The molecule has 1 atom stereocenters. The van der Waals surface area contributed by atoms with E-state index in [0.29, 0.717) is 5.70 Å². The Morgan fingerprint density at radius 2 is 1.86 bits per heavy atom. The number of hydrazone groups is 2. The van der Waals surface area contributed by atoms with Crippen LogP contribution in [0.5, 0.6) is 0 Å². The second-order valence-corrected chi connectivity index (χ2v) is 9.71. The smallest absolute Gasteiger partial charge is 0.408 e. The number of nitrogens with two attached hydrogens (primary N) is 1. The lowest BCUT2D eigenvalue weighted by Crippen LogP contribution is -2.60. The van der Waals surface area contributed by atoms with Crippen molar-refractivity contribution in [2.75, 3.05) is 6.61 Å². The fourth-order valence-electron chi connectivity index (χ4n) is 2.92. The number of ether oxygens (including phenoxy) is 2. The molecule has 2 rings (SSSR count). The molecule has 0 spiro atoms. The molecule has 35 heavy (non-hydrogen) atoms. The number of carbonyl (C=O) groups excluding carboxylic acids is 2. The van der Waals surface area contributed by atoms with Crippen LogP contribution in [0.3, 0.4) is 0 Å². The van der Waals surface area contributed by atoms with Crippen molar-refractivity contribution in [1.82, 2.24) is 15.6 Å². The highest BCUT2D eigenvalue weighted by atomic mass is 35.5. The molecular weight excluding hydrogens is 472 g/mol. The van der Waals surface area contributed by atoms with Crippen molar-refractivity contribution >= 4 is 34.6 Å². The number of carbonyl (C=O) groups is 2. The highest BCUT2D eigenvalue weighted by Crippen LogP contribution is 2.17. The normalized spacial score (nSPS) is 15.4. The van der Waals surface area contributed by atoms with Gasteiger partial charge in [-0.3, -0.25) is 4.79 Å². The number of alkyl carbamates (subject to hydrolysis) is 1. The number of hydrogen-bond donors (Lipinski definition) is 3. The van der Waals surface area contributed by atoms with E-state index in [1.165, 1.54) is 5.01 Å². The van der Waals surface area contributed by atoms with Crippen molar-refractivity contribution in [3.63, 3.8) is 0 Å². The summed E-state index contributed by atoms with van der Waals surface area (Å²) in [5.74, 6) is 5.33. The molecule has 11 heteroatoms. The van der Waals surface area contributed by atoms with E-state index in [9.17, 15) is 9.59 Å². The third-order valence-electron chi connectivity index (χ3n) is 4.62. The van der Waals surface area contributed by atoms with Crippen LogP contribution in [0.15, 0.2) is 65.0 Å². The number of rotatable bonds is 8. The minimum absolute atomic E-state index is 0.000180. The van der Waals surface area contributed by atoms with Crippen molar-refractivity contribution in [3.05, 3.63) is 60.3 Å². The number of nitrogens with zero attached hydrogens (tertiary/aromatic N) is 3. The van der Waals surface area contributed by atoms with Gasteiger partial charge in [0, 0.05) is 0 Å². The van der Waals surface area contributed by atoms with E-state index < -0.39 is 29.2 Å². The molecule has 1 aliphatic heterocycles. The Morgan fingerprint density at radius 1 is 1.20 bits per heavy atom. The van der Waals surface area contributed by atoms with E-state index >= 15 is 0 Å². The third-order valence-corrected chi connectivity index (χ3v) is 4.83. The summed E-state index contributed by atoms with van der Waals surface area (Å²) in [5.41, 5.74) is -0.669. The number of nitrogens with one attached hydrogen (secondary N) is 2. The van der Waals surface area contributed by atoms with Gasteiger partial charge in [-0.05, 0) is 52.3 Å². The first-order chi connectivity index (χ1) is 16.3. The Kier molecular flexibility index (Phi) is 9.44. The Morgan fingerprint density at radius 3 is 2.46 bits per heavy atom. The first kappa shape index (κ1) is 27.9. The molecule has 1 aromatic carbocycles. The van der Waals surface area contributed by atoms with Crippen LogP contribution < -0.4 is 16.5 Å². The molecule has 1 heterocycles. The lowest BCUT2D eigenvalue weighted by molar-refractivity contribution is -0.127. The first-order valence-electron chi connectivity index (χ1n) is 10.9. The Labute approximate surface area is 210 Å². The molecule has 4 N–H and O–H groups in total. The number of allylic oxidation sites excluding steroid dienone is 2. The maximum atomic E-state index is 13.2. The van der Waals surface area contributed by atoms with Crippen molar-refractivity contribution in [1.29, 1.82) is 0 Å². The number of halogens is 1. The van der Waals surface area contributed by atoms with Gasteiger partial charge >= 0.3 is 6.09 Å². The van der Waals surface area contributed by atoms with Gasteiger partial charge in [0.05, 0.1) is 18.9 Å². The van der Waals surface area contributed by atoms with Crippen LogP contribution in [-0.4, -0.2) is 51.8 Å². The monoisotopic (exact) mass is 504 g/mol. The second kappa shape index (κ2) is 11.9. The van der Waals surface area contributed by atoms with Crippen molar-refractivity contribution < 1.29 is 19.1 Å². The van der Waals surface area contributed by atoms with Crippen molar-refractivity contribution in [3.8, 4) is 0 Å². The molecule has 0 radical (unpaired) electrons. The van der Waals surface area contributed by atoms with Crippen LogP contribution in [-0.2, 0) is 20.9 Å². The predicted octanol–water partition coefficient (Wildman–Crippen LogP) is 3.20. The summed E-state index contributed by atoms with van der Waals surface area (Å²) in [6, 6.07) is 8.68. The largest absolute Gasteiger partial charge is 0.444 e. The Bertz CT molecular complexity index is 1010. The quantitative estimate of drug-likeness (QED) is 0.216. The Hall–Kier alpha value is -3.37. The van der Waals surface area contributed by atoms with Crippen molar-refractivity contribution in [2.45, 2.75) is 58.4 Å². The van der Waals surface area contributed by atoms with E-state index in [2.05, 4.69) is 27.4 Å². The van der Waals surface area contributed by atoms with E-state index in [1.54, 1.807) is 46.8 Å². The standard InChI is InChI=1S/C24H33ClN6O4/c1-16-12-13-19(25)30-31(16)20(29-26)18(15-34-14-17-10-8-7-9-11-17)27-21(32)24(5,6)28-22(33)35-23(2,3)4/h7-13,18H,1,14-15,26H2,2-6H3,(H,27,32)(H,28,33)/b29-20-. The molecule has 0 bridgehead atoms. The fraction of sp³-hybridized carbons (Fsp3) is 0.417. The molecule has 0 aliphatic carbocycles. The Balaban J connectivity index is 2.21. The third kappa shape index (κ3) is 8.73. The van der Waals surface area contributed by atoms with Gasteiger partial charge in [0.15, 0.2) is 5.84 Å². The molecule has 10 nitrogen and oxygen atoms in total. The van der Waals surface area contributed by atoms with E-state index in [4.69, 9.17) is 26.9 Å². The maximum Gasteiger partial charge on any atom is 0.408 e. The zero-order chi connectivity index (χ0) is 26.2. The van der Waals surface area contributed by atoms with E-state index in [1.807, 2.05) is 30.3 Å².